The van der Waals surface area contributed by atoms with E-state index in [4.69, 9.17) is 5.14 Å². The number of hydrogen-bond donors (Lipinski definition) is 4. The van der Waals surface area contributed by atoms with Crippen LogP contribution in [0, 0.1) is 0 Å². The van der Waals surface area contributed by atoms with E-state index in [-0.39, 0.29) is 17.4 Å². The molecule has 2 aliphatic rings. The van der Waals surface area contributed by atoms with Gasteiger partial charge in [0.1, 0.15) is 16.1 Å². The summed E-state index contributed by atoms with van der Waals surface area (Å²) in [5.74, 6) is 0.349. The molecule has 0 radical (unpaired) electrons. The second-order valence-corrected chi connectivity index (χ2v) is 10.9. The lowest BCUT2D eigenvalue weighted by Crippen LogP contribution is -2.37. The van der Waals surface area contributed by atoms with Crippen molar-refractivity contribution in [2.24, 2.45) is 5.14 Å². The molecule has 5 N–H and O–H groups in total. The summed E-state index contributed by atoms with van der Waals surface area (Å²) in [7, 11) is -8.81. The SMILES string of the molecule is NS(=O)(=O)c1c(S(=O)(=O)N[C@@H]2CCNC2)ccc(N2CCCn3cnnc32)c1-c1nn[nH]n1. The number of aromatic nitrogens is 7. The maximum Gasteiger partial charge on any atom is 0.242 e. The predicted octanol–water partition coefficient (Wildman–Crippen LogP) is -1.71. The molecule has 2 aromatic heterocycles. The molecule has 0 saturated carbocycles. The minimum atomic E-state index is -4.56. The van der Waals surface area contributed by atoms with E-state index in [2.05, 4.69) is 40.9 Å². The van der Waals surface area contributed by atoms with Crippen molar-refractivity contribution in [3.8, 4) is 11.4 Å². The zero-order valence-corrected chi connectivity index (χ0v) is 18.8. The monoisotopic (exact) mass is 495 g/mol. The van der Waals surface area contributed by atoms with Gasteiger partial charge in [-0.15, -0.1) is 20.4 Å². The molecule has 33 heavy (non-hydrogen) atoms. The third-order valence-corrected chi connectivity index (χ3v) is 8.22. The smallest absolute Gasteiger partial charge is 0.242 e. The molecule has 176 valence electrons. The summed E-state index contributed by atoms with van der Waals surface area (Å²) in [4.78, 5) is 0.622. The van der Waals surface area contributed by atoms with Crippen molar-refractivity contribution in [3.05, 3.63) is 18.5 Å². The number of benzene rings is 1. The Kier molecular flexibility index (Phi) is 5.36. The number of nitrogens with one attached hydrogen (secondary N) is 3. The number of tetrazole rings is 1. The number of nitrogens with zero attached hydrogens (tertiary/aromatic N) is 7. The summed E-state index contributed by atoms with van der Waals surface area (Å²) in [6.45, 7) is 2.25. The van der Waals surface area contributed by atoms with Crippen LogP contribution in [0.5, 0.6) is 0 Å². The molecule has 3 aromatic rings. The lowest BCUT2D eigenvalue weighted by molar-refractivity contribution is 0.555. The quantitative estimate of drug-likeness (QED) is 0.303. The molecule has 2 aliphatic heterocycles. The number of rotatable bonds is 6. The number of fused-ring (bicyclic) bond motifs is 1. The van der Waals surface area contributed by atoms with E-state index in [1.807, 2.05) is 0 Å². The molecule has 0 amide bonds. The van der Waals surface area contributed by atoms with Gasteiger partial charge in [0, 0.05) is 25.7 Å². The summed E-state index contributed by atoms with van der Waals surface area (Å²) >= 11 is 0. The zero-order chi connectivity index (χ0) is 23.2. The first-order valence-electron chi connectivity index (χ1n) is 10.1. The Morgan fingerprint density at radius 3 is 2.70 bits per heavy atom. The average molecular weight is 496 g/mol. The van der Waals surface area contributed by atoms with Crippen molar-refractivity contribution >= 4 is 31.7 Å². The second-order valence-electron chi connectivity index (χ2n) is 7.71. The Morgan fingerprint density at radius 2 is 2.00 bits per heavy atom. The van der Waals surface area contributed by atoms with Crippen LogP contribution in [0.25, 0.3) is 11.4 Å². The molecule has 1 aromatic carbocycles. The van der Waals surface area contributed by atoms with E-state index in [9.17, 15) is 16.8 Å². The zero-order valence-electron chi connectivity index (χ0n) is 17.2. The first kappa shape index (κ1) is 21.8. The van der Waals surface area contributed by atoms with Crippen LogP contribution in [-0.2, 0) is 26.6 Å². The minimum absolute atomic E-state index is 0.0879. The number of nitrogens with two attached hydrogens (primary N) is 1. The molecule has 5 rings (SSSR count). The molecule has 4 heterocycles. The van der Waals surface area contributed by atoms with Crippen molar-refractivity contribution in [2.45, 2.75) is 35.2 Å². The van der Waals surface area contributed by atoms with Crippen molar-refractivity contribution in [1.82, 2.24) is 45.4 Å². The molecule has 1 fully saturated rings. The van der Waals surface area contributed by atoms with Crippen molar-refractivity contribution in [2.75, 3.05) is 24.5 Å². The topological polar surface area (TPSA) is 207 Å². The van der Waals surface area contributed by atoms with Crippen LogP contribution in [-0.4, -0.2) is 77.9 Å². The highest BCUT2D eigenvalue weighted by Gasteiger charge is 2.35. The van der Waals surface area contributed by atoms with E-state index in [0.29, 0.717) is 44.2 Å². The highest BCUT2D eigenvalue weighted by Crippen LogP contribution is 2.41. The summed E-state index contributed by atoms with van der Waals surface area (Å²) in [5.41, 5.74) is 0.228. The standard InChI is InChI=1S/C16H21N11O4S2/c17-32(28,29)14-12(33(30,31)23-10-4-5-18-8-10)3-2-11(13(14)15-20-24-25-21-15)27-7-1-6-26-9-19-22-16(26)27/h2-3,9-10,18,23H,1,4-8H2,(H2,17,28,29)(H,20,21,24,25)/t10-/m1/s1. The maximum atomic E-state index is 13.3. The third kappa shape index (κ3) is 3.97. The predicted molar refractivity (Wildman–Crippen MR) is 114 cm³/mol. The fourth-order valence-electron chi connectivity index (χ4n) is 4.14. The highest BCUT2D eigenvalue weighted by atomic mass is 32.2. The van der Waals surface area contributed by atoms with Crippen molar-refractivity contribution in [3.63, 3.8) is 0 Å². The van der Waals surface area contributed by atoms with Gasteiger partial charge in [-0.25, -0.2) is 26.7 Å². The molecule has 1 saturated heterocycles. The summed E-state index contributed by atoms with van der Waals surface area (Å²) in [6.07, 6.45) is 2.86. The minimum Gasteiger partial charge on any atom is -0.315 e. The number of aryl methyl sites for hydroxylation is 1. The Hall–Kier alpha value is -2.99. The van der Waals surface area contributed by atoms with Crippen LogP contribution in [0.2, 0.25) is 0 Å². The number of anilines is 2. The Balaban J connectivity index is 1.75. The largest absolute Gasteiger partial charge is 0.315 e. The first-order chi connectivity index (χ1) is 15.8. The van der Waals surface area contributed by atoms with Gasteiger partial charge in [0.05, 0.1) is 11.3 Å². The molecule has 17 heteroatoms. The number of sulfonamides is 2. The van der Waals surface area contributed by atoms with Gasteiger partial charge in [-0.2, -0.15) is 5.21 Å². The van der Waals surface area contributed by atoms with Crippen LogP contribution in [0.1, 0.15) is 12.8 Å². The Labute approximate surface area is 188 Å². The number of hydrogen-bond acceptors (Lipinski definition) is 11. The number of H-pyrrole nitrogens is 1. The van der Waals surface area contributed by atoms with E-state index >= 15 is 0 Å². The van der Waals surface area contributed by atoms with Gasteiger partial charge < -0.3 is 10.2 Å². The fourth-order valence-corrected chi connectivity index (χ4v) is 7.00. The lowest BCUT2D eigenvalue weighted by Gasteiger charge is -2.30. The third-order valence-electron chi connectivity index (χ3n) is 5.53. The van der Waals surface area contributed by atoms with Crippen molar-refractivity contribution in [1.29, 1.82) is 0 Å². The van der Waals surface area contributed by atoms with Crippen LogP contribution in [0.15, 0.2) is 28.3 Å². The molecule has 0 bridgehead atoms. The first-order valence-corrected chi connectivity index (χ1v) is 13.1. The fraction of sp³-hybridized carbons (Fsp3) is 0.438. The molecule has 0 aliphatic carbocycles. The lowest BCUT2D eigenvalue weighted by atomic mass is 10.1. The normalized spacial score (nSPS) is 19.1. The van der Waals surface area contributed by atoms with Gasteiger partial charge >= 0.3 is 0 Å². The summed E-state index contributed by atoms with van der Waals surface area (Å²) in [5, 5.41) is 30.3. The Morgan fingerprint density at radius 1 is 1.15 bits per heavy atom. The number of primary sulfonamides is 1. The second kappa shape index (κ2) is 8.10. The molecule has 0 unspecified atom stereocenters. The number of aromatic amines is 1. The summed E-state index contributed by atoms with van der Waals surface area (Å²) < 4.78 is 56.5. The van der Waals surface area contributed by atoms with Gasteiger partial charge in [-0.05, 0) is 36.7 Å². The molecule has 15 nitrogen and oxygen atoms in total. The Bertz CT molecular complexity index is 1380. The van der Waals surface area contributed by atoms with Crippen LogP contribution < -0.4 is 20.1 Å². The van der Waals surface area contributed by atoms with E-state index in [1.54, 1.807) is 15.8 Å². The van der Waals surface area contributed by atoms with Gasteiger partial charge in [-0.1, -0.05) is 0 Å². The van der Waals surface area contributed by atoms with Gasteiger partial charge in [-0.3, -0.25) is 4.57 Å². The van der Waals surface area contributed by atoms with Crippen molar-refractivity contribution < 1.29 is 16.8 Å². The van der Waals surface area contributed by atoms with E-state index in [0.717, 1.165) is 6.42 Å². The van der Waals surface area contributed by atoms with Gasteiger partial charge in [0.25, 0.3) is 0 Å². The molecule has 1 atom stereocenters. The molecular formula is C16H21N11O4S2. The molecular weight excluding hydrogens is 474 g/mol. The maximum absolute atomic E-state index is 13.3. The average Bonchev–Trinajstić information content (AvgIpc) is 3.53. The van der Waals surface area contributed by atoms with Gasteiger partial charge in [0.2, 0.25) is 31.8 Å². The summed E-state index contributed by atoms with van der Waals surface area (Å²) in [6, 6.07) is 2.34. The van der Waals surface area contributed by atoms with Crippen LogP contribution in [0.4, 0.5) is 11.6 Å². The molecule has 0 spiro atoms. The van der Waals surface area contributed by atoms with E-state index in [1.165, 1.54) is 12.1 Å². The van der Waals surface area contributed by atoms with E-state index < -0.39 is 29.8 Å². The van der Waals surface area contributed by atoms with Crippen LogP contribution >= 0.6 is 0 Å². The van der Waals surface area contributed by atoms with Gasteiger partial charge in [0.15, 0.2) is 0 Å². The van der Waals surface area contributed by atoms with Crippen LogP contribution in [0.3, 0.4) is 0 Å². The highest BCUT2D eigenvalue weighted by molar-refractivity contribution is 7.92.